The number of carbonyl (C=O) groups is 1. The molecule has 2 N–H and O–H groups in total. The van der Waals surface area contributed by atoms with Gasteiger partial charge in [-0.3, -0.25) is 14.9 Å². The number of nitrogens with zero attached hydrogens (tertiary/aromatic N) is 5. The highest BCUT2D eigenvalue weighted by atomic mass is 32.2. The summed E-state index contributed by atoms with van der Waals surface area (Å²) < 4.78 is 0. The molecule has 152 valence electrons. The number of amides is 1. The van der Waals surface area contributed by atoms with E-state index in [9.17, 15) is 4.79 Å². The van der Waals surface area contributed by atoms with Crippen LogP contribution in [0.3, 0.4) is 0 Å². The Labute approximate surface area is 185 Å². The predicted molar refractivity (Wildman–Crippen MR) is 121 cm³/mol. The third kappa shape index (κ3) is 4.30. The number of pyridine rings is 1. The van der Waals surface area contributed by atoms with E-state index in [1.165, 1.54) is 17.7 Å². The molecule has 1 amide bonds. The van der Waals surface area contributed by atoms with Gasteiger partial charge in [0.2, 0.25) is 0 Å². The molecule has 0 saturated heterocycles. The number of nitrogens with one attached hydrogen (secondary N) is 2. The average Bonchev–Trinajstić information content (AvgIpc) is 3.49. The smallest absolute Gasteiger partial charge is 0.275 e. The van der Waals surface area contributed by atoms with Crippen LogP contribution in [-0.4, -0.2) is 36.0 Å². The number of aromatic nitrogens is 6. The van der Waals surface area contributed by atoms with Crippen LogP contribution in [0.15, 0.2) is 71.7 Å². The summed E-state index contributed by atoms with van der Waals surface area (Å²) in [6, 6.07) is 11.5. The second kappa shape index (κ2) is 8.62. The molecule has 0 aliphatic carbocycles. The number of anilines is 1. The van der Waals surface area contributed by atoms with E-state index >= 15 is 0 Å². The average molecular weight is 446 g/mol. The SMILES string of the molecule is O=C(Nc1cccc(CSc2ncnc3[nH]ncc23)c1)c1csc(-c2ccncc2)n1. The number of fused-ring (bicyclic) bond motifs is 1. The molecule has 4 heterocycles. The van der Waals surface area contributed by atoms with Crippen molar-refractivity contribution < 1.29 is 4.79 Å². The molecule has 5 aromatic rings. The number of aromatic amines is 1. The van der Waals surface area contributed by atoms with Crippen molar-refractivity contribution in [2.45, 2.75) is 10.8 Å². The fourth-order valence-electron chi connectivity index (χ4n) is 2.95. The van der Waals surface area contributed by atoms with Crippen molar-refractivity contribution >= 4 is 45.7 Å². The van der Waals surface area contributed by atoms with Gasteiger partial charge in [-0.05, 0) is 29.8 Å². The van der Waals surface area contributed by atoms with Gasteiger partial charge in [-0.25, -0.2) is 15.0 Å². The highest BCUT2D eigenvalue weighted by Gasteiger charge is 2.13. The second-order valence-corrected chi connectivity index (χ2v) is 8.35. The Morgan fingerprint density at radius 3 is 2.97 bits per heavy atom. The van der Waals surface area contributed by atoms with E-state index in [1.807, 2.05) is 36.4 Å². The number of carbonyl (C=O) groups excluding carboxylic acids is 1. The van der Waals surface area contributed by atoms with E-state index in [4.69, 9.17) is 0 Å². The van der Waals surface area contributed by atoms with Crippen LogP contribution in [0.1, 0.15) is 16.1 Å². The zero-order valence-corrected chi connectivity index (χ0v) is 17.7. The van der Waals surface area contributed by atoms with Gasteiger partial charge >= 0.3 is 0 Å². The van der Waals surface area contributed by atoms with Crippen LogP contribution in [0, 0.1) is 0 Å². The minimum absolute atomic E-state index is 0.239. The van der Waals surface area contributed by atoms with Crippen LogP contribution in [0.2, 0.25) is 0 Å². The largest absolute Gasteiger partial charge is 0.321 e. The Hall–Kier alpha value is -3.63. The van der Waals surface area contributed by atoms with Crippen LogP contribution >= 0.6 is 23.1 Å². The molecular weight excluding hydrogens is 430 g/mol. The lowest BCUT2D eigenvalue weighted by molar-refractivity contribution is 0.102. The summed E-state index contributed by atoms with van der Waals surface area (Å²) >= 11 is 3.02. The molecule has 0 radical (unpaired) electrons. The molecular formula is C21H15N7OS2. The van der Waals surface area contributed by atoms with Gasteiger partial charge in [-0.1, -0.05) is 12.1 Å². The first-order valence-electron chi connectivity index (χ1n) is 9.29. The molecule has 0 atom stereocenters. The zero-order valence-electron chi connectivity index (χ0n) is 16.0. The summed E-state index contributed by atoms with van der Waals surface area (Å²) in [5, 5.41) is 14.1. The third-order valence-electron chi connectivity index (χ3n) is 4.44. The standard InChI is InChI=1S/C21H15N7OS2/c29-19(17-11-31-20(27-17)14-4-6-22-7-5-14)26-15-3-1-2-13(8-15)10-30-21-16-9-25-28-18(16)23-12-24-21/h1-9,11-12H,10H2,(H,26,29)(H,23,24,25,28). The van der Waals surface area contributed by atoms with E-state index in [0.717, 1.165) is 32.2 Å². The monoisotopic (exact) mass is 445 g/mol. The maximum atomic E-state index is 12.7. The summed E-state index contributed by atoms with van der Waals surface area (Å²) in [7, 11) is 0. The molecule has 4 aromatic heterocycles. The number of thioether (sulfide) groups is 1. The normalized spacial score (nSPS) is 11.0. The molecule has 0 spiro atoms. The molecule has 8 nitrogen and oxygen atoms in total. The highest BCUT2D eigenvalue weighted by molar-refractivity contribution is 7.98. The van der Waals surface area contributed by atoms with Crippen LogP contribution in [0.5, 0.6) is 0 Å². The first-order valence-corrected chi connectivity index (χ1v) is 11.2. The number of hydrogen-bond donors (Lipinski definition) is 2. The topological polar surface area (TPSA) is 109 Å². The van der Waals surface area contributed by atoms with Gasteiger partial charge in [-0.15, -0.1) is 23.1 Å². The van der Waals surface area contributed by atoms with E-state index in [2.05, 4.69) is 35.5 Å². The van der Waals surface area contributed by atoms with Gasteiger partial charge in [-0.2, -0.15) is 5.10 Å². The number of benzene rings is 1. The molecule has 0 saturated carbocycles. The molecule has 5 rings (SSSR count). The number of H-pyrrole nitrogens is 1. The Morgan fingerprint density at radius 1 is 1.16 bits per heavy atom. The van der Waals surface area contributed by atoms with E-state index in [0.29, 0.717) is 17.1 Å². The minimum Gasteiger partial charge on any atom is -0.321 e. The summed E-state index contributed by atoms with van der Waals surface area (Å²) in [4.78, 5) is 29.6. The lowest BCUT2D eigenvalue weighted by Crippen LogP contribution is -2.12. The van der Waals surface area contributed by atoms with Crippen LogP contribution in [0.25, 0.3) is 21.6 Å². The Bertz CT molecular complexity index is 1350. The Balaban J connectivity index is 1.27. The second-order valence-electron chi connectivity index (χ2n) is 6.53. The van der Waals surface area contributed by atoms with Crippen molar-refractivity contribution in [3.8, 4) is 10.6 Å². The fourth-order valence-corrected chi connectivity index (χ4v) is 4.66. The molecule has 0 bridgehead atoms. The Morgan fingerprint density at radius 2 is 2.06 bits per heavy atom. The van der Waals surface area contributed by atoms with Crippen LogP contribution in [-0.2, 0) is 5.75 Å². The molecule has 0 aliphatic heterocycles. The zero-order chi connectivity index (χ0) is 21.0. The summed E-state index contributed by atoms with van der Waals surface area (Å²) in [5.41, 5.74) is 3.83. The summed E-state index contributed by atoms with van der Waals surface area (Å²) in [5.74, 6) is 0.460. The lowest BCUT2D eigenvalue weighted by atomic mass is 10.2. The number of rotatable bonds is 6. The van der Waals surface area contributed by atoms with Gasteiger partial charge in [0, 0.05) is 34.8 Å². The highest BCUT2D eigenvalue weighted by Crippen LogP contribution is 2.27. The van der Waals surface area contributed by atoms with E-state index in [-0.39, 0.29) is 5.91 Å². The maximum absolute atomic E-state index is 12.7. The molecule has 1 aromatic carbocycles. The van der Waals surface area contributed by atoms with Crippen molar-refractivity contribution in [2.24, 2.45) is 0 Å². The first kappa shape index (κ1) is 19.3. The minimum atomic E-state index is -0.239. The van der Waals surface area contributed by atoms with Crippen molar-refractivity contribution in [2.75, 3.05) is 5.32 Å². The molecule has 0 unspecified atom stereocenters. The molecule has 10 heteroatoms. The Kier molecular flexibility index (Phi) is 5.38. The maximum Gasteiger partial charge on any atom is 0.275 e. The van der Waals surface area contributed by atoms with Crippen LogP contribution in [0.4, 0.5) is 5.69 Å². The van der Waals surface area contributed by atoms with Crippen molar-refractivity contribution in [3.63, 3.8) is 0 Å². The fraction of sp³-hybridized carbons (Fsp3) is 0.0476. The van der Waals surface area contributed by atoms with Crippen molar-refractivity contribution in [1.82, 2.24) is 30.1 Å². The predicted octanol–water partition coefficient (Wildman–Crippen LogP) is 4.42. The van der Waals surface area contributed by atoms with Gasteiger partial charge < -0.3 is 5.32 Å². The quantitative estimate of drug-likeness (QED) is 0.294. The van der Waals surface area contributed by atoms with Crippen molar-refractivity contribution in [3.05, 3.63) is 78.0 Å². The summed E-state index contributed by atoms with van der Waals surface area (Å²) in [6.45, 7) is 0. The third-order valence-corrected chi connectivity index (χ3v) is 6.40. The molecule has 31 heavy (non-hydrogen) atoms. The number of hydrogen-bond acceptors (Lipinski definition) is 8. The lowest BCUT2D eigenvalue weighted by Gasteiger charge is -2.07. The first-order chi connectivity index (χ1) is 15.3. The van der Waals surface area contributed by atoms with Crippen molar-refractivity contribution in [1.29, 1.82) is 0 Å². The van der Waals surface area contributed by atoms with E-state index in [1.54, 1.807) is 35.7 Å². The molecule has 0 fully saturated rings. The van der Waals surface area contributed by atoms with Crippen LogP contribution < -0.4 is 5.32 Å². The van der Waals surface area contributed by atoms with Gasteiger partial charge in [0.1, 0.15) is 22.1 Å². The van der Waals surface area contributed by atoms with Gasteiger partial charge in [0.05, 0.1) is 11.6 Å². The molecule has 0 aliphatic rings. The number of thiazole rings is 1. The van der Waals surface area contributed by atoms with E-state index < -0.39 is 0 Å². The summed E-state index contributed by atoms with van der Waals surface area (Å²) in [6.07, 6.45) is 6.66. The van der Waals surface area contributed by atoms with Gasteiger partial charge in [0.15, 0.2) is 5.65 Å². The van der Waals surface area contributed by atoms with Gasteiger partial charge in [0.25, 0.3) is 5.91 Å².